The van der Waals surface area contributed by atoms with Gasteiger partial charge in [-0.2, -0.15) is 0 Å². The first-order valence-electron chi connectivity index (χ1n) is 4.64. The first-order chi connectivity index (χ1) is 7.02. The average Bonchev–Trinajstić information content (AvgIpc) is 2.55. The molecule has 1 aromatic rings. The summed E-state index contributed by atoms with van der Waals surface area (Å²) in [7, 11) is 0. The summed E-state index contributed by atoms with van der Waals surface area (Å²) in [6, 6.07) is 0. The zero-order chi connectivity index (χ0) is 11.6. The molecule has 5 nitrogen and oxygen atoms in total. The quantitative estimate of drug-likeness (QED) is 0.794. The van der Waals surface area contributed by atoms with Gasteiger partial charge in [0.1, 0.15) is 11.3 Å². The molecule has 5 heteroatoms. The van der Waals surface area contributed by atoms with Crippen LogP contribution in [0.4, 0.5) is 0 Å². The van der Waals surface area contributed by atoms with E-state index in [1.54, 1.807) is 13.8 Å². The zero-order valence-corrected chi connectivity index (χ0v) is 8.53. The first-order valence-corrected chi connectivity index (χ1v) is 4.64. The van der Waals surface area contributed by atoms with Crippen molar-refractivity contribution in [1.82, 2.24) is 0 Å². The van der Waals surface area contributed by atoms with E-state index in [0.29, 0.717) is 24.2 Å². The highest BCUT2D eigenvalue weighted by Crippen LogP contribution is 2.24. The van der Waals surface area contributed by atoms with Gasteiger partial charge in [-0.05, 0) is 6.42 Å². The van der Waals surface area contributed by atoms with Crippen LogP contribution >= 0.6 is 0 Å². The maximum absolute atomic E-state index is 10.9. The fourth-order valence-electron chi connectivity index (χ4n) is 1.55. The summed E-state index contributed by atoms with van der Waals surface area (Å²) in [6.45, 7) is 3.55. The van der Waals surface area contributed by atoms with Gasteiger partial charge in [0.25, 0.3) is 0 Å². The number of carbonyl (C=O) groups is 2. The predicted octanol–water partition coefficient (Wildman–Crippen LogP) is 1.80. The zero-order valence-electron chi connectivity index (χ0n) is 8.53. The van der Waals surface area contributed by atoms with E-state index in [1.165, 1.54) is 0 Å². The van der Waals surface area contributed by atoms with Crippen LogP contribution in [0.5, 0.6) is 0 Å². The normalized spacial score (nSPS) is 10.3. The molecule has 82 valence electrons. The minimum absolute atomic E-state index is 0.221. The lowest BCUT2D eigenvalue weighted by molar-refractivity contribution is 0.0624. The fraction of sp³-hybridized carbons (Fsp3) is 0.400. The second-order valence-corrected chi connectivity index (χ2v) is 3.03. The van der Waals surface area contributed by atoms with Gasteiger partial charge in [-0.25, -0.2) is 9.59 Å². The van der Waals surface area contributed by atoms with Crippen molar-refractivity contribution in [3.63, 3.8) is 0 Å². The van der Waals surface area contributed by atoms with Crippen molar-refractivity contribution in [3.05, 3.63) is 22.6 Å². The maximum Gasteiger partial charge on any atom is 0.372 e. The monoisotopic (exact) mass is 212 g/mol. The molecule has 0 aromatic carbocycles. The van der Waals surface area contributed by atoms with Gasteiger partial charge in [-0.15, -0.1) is 0 Å². The van der Waals surface area contributed by atoms with E-state index in [0.717, 1.165) is 0 Å². The van der Waals surface area contributed by atoms with Crippen LogP contribution < -0.4 is 0 Å². The van der Waals surface area contributed by atoms with Crippen LogP contribution in [0.1, 0.15) is 46.1 Å². The molecule has 0 saturated heterocycles. The van der Waals surface area contributed by atoms with Crippen LogP contribution in [-0.4, -0.2) is 22.2 Å². The Morgan fingerprint density at radius 2 is 1.73 bits per heavy atom. The summed E-state index contributed by atoms with van der Waals surface area (Å²) < 4.78 is 5.03. The lowest BCUT2D eigenvalue weighted by atomic mass is 10.1. The summed E-state index contributed by atoms with van der Waals surface area (Å²) in [5.41, 5.74) is 0.254. The Morgan fingerprint density at radius 3 is 2.07 bits per heavy atom. The van der Waals surface area contributed by atoms with E-state index in [4.69, 9.17) is 14.6 Å². The molecular weight excluding hydrogens is 200 g/mol. The summed E-state index contributed by atoms with van der Waals surface area (Å²) >= 11 is 0. The molecule has 0 fully saturated rings. The van der Waals surface area contributed by atoms with Gasteiger partial charge in [0.2, 0.25) is 5.76 Å². The van der Waals surface area contributed by atoms with E-state index in [2.05, 4.69) is 0 Å². The molecule has 15 heavy (non-hydrogen) atoms. The first kappa shape index (κ1) is 11.3. The minimum Gasteiger partial charge on any atom is -0.478 e. The summed E-state index contributed by atoms with van der Waals surface area (Å²) in [5, 5.41) is 17.7. The number of aromatic carboxylic acids is 2. The van der Waals surface area contributed by atoms with E-state index >= 15 is 0 Å². The Hall–Kier alpha value is -1.78. The third-order valence-electron chi connectivity index (χ3n) is 2.17. The van der Waals surface area contributed by atoms with Gasteiger partial charge < -0.3 is 14.6 Å². The van der Waals surface area contributed by atoms with Gasteiger partial charge >= 0.3 is 11.9 Å². The predicted molar refractivity (Wildman–Crippen MR) is 51.4 cm³/mol. The smallest absolute Gasteiger partial charge is 0.372 e. The fourth-order valence-corrected chi connectivity index (χ4v) is 1.55. The molecule has 0 aliphatic carbocycles. The van der Waals surface area contributed by atoms with E-state index < -0.39 is 17.7 Å². The Morgan fingerprint density at radius 1 is 1.13 bits per heavy atom. The lowest BCUT2D eigenvalue weighted by Gasteiger charge is -1.96. The summed E-state index contributed by atoms with van der Waals surface area (Å²) in [4.78, 5) is 21.7. The number of furan rings is 1. The molecular formula is C10H12O5. The van der Waals surface area contributed by atoms with Gasteiger partial charge in [0.15, 0.2) is 0 Å². The highest BCUT2D eigenvalue weighted by Gasteiger charge is 2.27. The van der Waals surface area contributed by atoms with Crippen LogP contribution in [0.15, 0.2) is 4.42 Å². The molecule has 0 atom stereocenters. The van der Waals surface area contributed by atoms with E-state index in [9.17, 15) is 9.59 Å². The lowest BCUT2D eigenvalue weighted by Crippen LogP contribution is -2.07. The average molecular weight is 212 g/mol. The molecule has 0 radical (unpaired) electrons. The van der Waals surface area contributed by atoms with Crippen molar-refractivity contribution in [2.75, 3.05) is 0 Å². The van der Waals surface area contributed by atoms with Gasteiger partial charge in [0, 0.05) is 12.0 Å². The summed E-state index contributed by atoms with van der Waals surface area (Å²) in [5.74, 6) is -2.64. The number of rotatable bonds is 4. The Labute approximate surface area is 86.3 Å². The van der Waals surface area contributed by atoms with Crippen molar-refractivity contribution in [2.24, 2.45) is 0 Å². The Balaban J connectivity index is 3.46. The molecule has 0 amide bonds. The number of hydrogen-bond donors (Lipinski definition) is 2. The van der Waals surface area contributed by atoms with Crippen molar-refractivity contribution in [1.29, 1.82) is 0 Å². The number of carboxylic acids is 2. The molecule has 0 unspecified atom stereocenters. The van der Waals surface area contributed by atoms with Crippen LogP contribution in [0, 0.1) is 0 Å². The molecule has 0 spiro atoms. The maximum atomic E-state index is 10.9. The molecule has 0 bridgehead atoms. The van der Waals surface area contributed by atoms with Crippen molar-refractivity contribution in [2.45, 2.75) is 26.7 Å². The Kier molecular flexibility index (Phi) is 3.14. The number of carboxylic acid groups (broad SMARTS) is 2. The van der Waals surface area contributed by atoms with Crippen LogP contribution in [-0.2, 0) is 12.8 Å². The SMILES string of the molecule is CCc1oc(C(=O)O)c(C(=O)O)c1CC. The highest BCUT2D eigenvalue weighted by atomic mass is 16.4. The van der Waals surface area contributed by atoms with Crippen LogP contribution in [0.3, 0.4) is 0 Å². The van der Waals surface area contributed by atoms with Crippen molar-refractivity contribution < 1.29 is 24.2 Å². The van der Waals surface area contributed by atoms with Gasteiger partial charge in [0.05, 0.1) is 0 Å². The molecule has 1 rings (SSSR count). The van der Waals surface area contributed by atoms with E-state index in [-0.39, 0.29) is 5.56 Å². The highest BCUT2D eigenvalue weighted by molar-refractivity contribution is 6.01. The Bertz CT molecular complexity index is 402. The largest absolute Gasteiger partial charge is 0.478 e. The number of hydrogen-bond acceptors (Lipinski definition) is 3. The molecule has 0 aliphatic heterocycles. The molecule has 1 heterocycles. The van der Waals surface area contributed by atoms with Crippen molar-refractivity contribution in [3.8, 4) is 0 Å². The number of aryl methyl sites for hydroxylation is 1. The third kappa shape index (κ3) is 1.86. The minimum atomic E-state index is -1.35. The molecule has 1 aromatic heterocycles. The second-order valence-electron chi connectivity index (χ2n) is 3.03. The topological polar surface area (TPSA) is 87.7 Å². The summed E-state index contributed by atoms with van der Waals surface area (Å²) in [6.07, 6.45) is 0.929. The van der Waals surface area contributed by atoms with Gasteiger partial charge in [-0.1, -0.05) is 13.8 Å². The van der Waals surface area contributed by atoms with Crippen LogP contribution in [0.2, 0.25) is 0 Å². The van der Waals surface area contributed by atoms with E-state index in [1.807, 2.05) is 0 Å². The van der Waals surface area contributed by atoms with Crippen LogP contribution in [0.25, 0.3) is 0 Å². The second kappa shape index (κ2) is 4.16. The molecule has 0 saturated carbocycles. The molecule has 0 aliphatic rings. The third-order valence-corrected chi connectivity index (χ3v) is 2.17. The van der Waals surface area contributed by atoms with Crippen molar-refractivity contribution >= 4 is 11.9 Å². The molecule has 2 N–H and O–H groups in total. The standard InChI is InChI=1S/C10H12O5/c1-3-5-6(4-2)15-8(10(13)14)7(5)9(11)12/h3-4H2,1-2H3,(H,11,12)(H,13,14). The van der Waals surface area contributed by atoms with Gasteiger partial charge in [-0.3, -0.25) is 0 Å².